The van der Waals surface area contributed by atoms with Crippen molar-refractivity contribution in [1.82, 2.24) is 9.13 Å². The lowest BCUT2D eigenvalue weighted by molar-refractivity contribution is 0.107. The van der Waals surface area contributed by atoms with Crippen LogP contribution in [0.15, 0.2) is 316 Å². The first-order valence-corrected chi connectivity index (χ1v) is 37.2. The van der Waals surface area contributed by atoms with Crippen LogP contribution in [-0.4, -0.2) is 15.7 Å². The highest BCUT2D eigenvalue weighted by Crippen LogP contribution is 2.57. The van der Waals surface area contributed by atoms with Gasteiger partial charge in [-0.25, -0.2) is 0 Å². The number of benzene rings is 14. The summed E-state index contributed by atoms with van der Waals surface area (Å²) in [6.45, 7) is 13.6. The molecule has 6 heteroatoms. The fourth-order valence-corrected chi connectivity index (χ4v) is 17.3. The normalized spacial score (nSPS) is 14.1. The molecule has 105 heavy (non-hydrogen) atoms. The van der Waals surface area contributed by atoms with Crippen LogP contribution < -0.4 is 9.64 Å². The van der Waals surface area contributed by atoms with E-state index in [4.69, 9.17) is 14.2 Å². The third-order valence-electron chi connectivity index (χ3n) is 22.5. The molecule has 2 aliphatic carbocycles. The van der Waals surface area contributed by atoms with Gasteiger partial charge in [0.05, 0.1) is 60.8 Å². The zero-order valence-electron chi connectivity index (χ0n) is 59.9. The predicted molar refractivity (Wildman–Crippen MR) is 436 cm³/mol. The molecular formula is C99H83N3O3. The Labute approximate surface area is 615 Å². The van der Waals surface area contributed by atoms with Gasteiger partial charge in [-0.3, -0.25) is 0 Å². The topological polar surface area (TPSA) is 40.8 Å². The van der Waals surface area contributed by atoms with Crippen LogP contribution in [0.25, 0.3) is 94.1 Å². The Hall–Kier alpha value is -11.8. The molecule has 16 aromatic rings. The molecule has 1 unspecified atom stereocenters. The van der Waals surface area contributed by atoms with Crippen molar-refractivity contribution in [1.29, 1.82) is 0 Å². The minimum atomic E-state index is -0.359. The molecule has 0 aliphatic heterocycles. The van der Waals surface area contributed by atoms with Gasteiger partial charge in [0.25, 0.3) is 0 Å². The second-order valence-electron chi connectivity index (χ2n) is 29.3. The zero-order chi connectivity index (χ0) is 70.6. The lowest BCUT2D eigenvalue weighted by Crippen LogP contribution is -2.27. The average molecular weight is 1360 g/mol. The number of para-hydroxylation sites is 2. The smallest absolute Gasteiger partial charge is 0.119 e. The molecule has 0 fully saturated rings. The fraction of sp³-hybridized carbons (Fsp3) is 0.152. The Kier molecular flexibility index (Phi) is 17.0. The first-order valence-electron chi connectivity index (χ1n) is 37.2. The lowest BCUT2D eigenvalue weighted by Gasteiger charge is -2.34. The summed E-state index contributed by atoms with van der Waals surface area (Å²) < 4.78 is 24.0. The third-order valence-corrected chi connectivity index (χ3v) is 22.5. The van der Waals surface area contributed by atoms with E-state index in [-0.39, 0.29) is 10.8 Å². The molecule has 2 aliphatic rings. The summed E-state index contributed by atoms with van der Waals surface area (Å²) in [6, 6.07) is 114. The molecule has 0 spiro atoms. The van der Waals surface area contributed by atoms with Crippen molar-refractivity contribution in [3.63, 3.8) is 0 Å². The predicted octanol–water partition coefficient (Wildman–Crippen LogP) is 25.5. The molecule has 0 radical (unpaired) electrons. The van der Waals surface area contributed by atoms with E-state index in [1.54, 1.807) is 0 Å². The van der Waals surface area contributed by atoms with Crippen LogP contribution in [0, 0.1) is 6.92 Å². The van der Waals surface area contributed by atoms with E-state index < -0.39 is 0 Å². The molecule has 0 N–H and O–H groups in total. The minimum absolute atomic E-state index is 0.177. The Morgan fingerprint density at radius 3 is 1.55 bits per heavy atom. The van der Waals surface area contributed by atoms with E-state index in [9.17, 15) is 0 Å². The minimum Gasteiger partial charge on any atom is -0.494 e. The van der Waals surface area contributed by atoms with Crippen LogP contribution >= 0.6 is 0 Å². The SMILES string of the molecule is C=Cc1ccc(OCCCCCCC2(c3ccccc3)c3ccccc3-c3ccc(N(c4ccc5c(c4)c4ccccc4n5-c4ccc(COCc5ccc6c(c5)C(C)(C)c5cc(COCc7ccc(-n8c9ccccc9c9cc(C)ccc98)cc7)ccc5-6)cc4)c4cccc5ccccc45)cc32)cc1. The third kappa shape index (κ3) is 11.8. The molecule has 1 atom stereocenters. The molecule has 0 saturated carbocycles. The molecule has 18 rings (SSSR count). The standard InChI is InChI=1S/C99H83N3O3/c1-5-68-39-49-79(50-40-68)105-57-20-7-6-19-56-99(74-24-9-8-10-25-74)89-30-16-13-27-81(89)84-53-47-78(62-92(84)99)100(93-33-21-23-73-22-11-12-26-80(73)93)77-48-55-97-88(61-77)86-29-15-18-32-95(86)102(97)76-45-37-70(38-46-76)64-104-66-72-42-52-83-82-51-41-71(59-90(82)98(3,4)91(83)60-72)65-103-63-69-35-43-75(44-36-69)101-94-31-17-14-28-85(94)87-58-67(2)34-54-96(87)101/h5,8-18,21-55,58-62H,1,6-7,19-20,56-57,63-66H2,2-4H3. The number of nitrogens with zero attached hydrogens (tertiary/aromatic N) is 3. The van der Waals surface area contributed by atoms with Gasteiger partial charge in [-0.15, -0.1) is 0 Å². The van der Waals surface area contributed by atoms with Crippen LogP contribution in [0.1, 0.15) is 107 Å². The van der Waals surface area contributed by atoms with Gasteiger partial charge in [-0.1, -0.05) is 264 Å². The second kappa shape index (κ2) is 27.4. The average Bonchev–Trinajstić information content (AvgIpc) is 1.57. The summed E-state index contributed by atoms with van der Waals surface area (Å²) in [6.07, 6.45) is 7.12. The Bertz CT molecular complexity index is 5960. The maximum atomic E-state index is 6.57. The van der Waals surface area contributed by atoms with Crippen LogP contribution in [0.2, 0.25) is 0 Å². The van der Waals surface area contributed by atoms with E-state index in [1.807, 2.05) is 18.2 Å². The molecule has 6 nitrogen and oxygen atoms in total. The molecule has 2 heterocycles. The molecule has 14 aromatic carbocycles. The largest absolute Gasteiger partial charge is 0.494 e. The Morgan fingerprint density at radius 1 is 0.381 bits per heavy atom. The summed E-state index contributed by atoms with van der Waals surface area (Å²) in [4.78, 5) is 2.51. The zero-order valence-corrected chi connectivity index (χ0v) is 59.9. The fourth-order valence-electron chi connectivity index (χ4n) is 17.3. The van der Waals surface area contributed by atoms with E-state index in [2.05, 4.69) is 339 Å². The highest BCUT2D eigenvalue weighted by Gasteiger charge is 2.45. The van der Waals surface area contributed by atoms with Crippen LogP contribution in [0.4, 0.5) is 17.1 Å². The van der Waals surface area contributed by atoms with Gasteiger partial charge in [0.15, 0.2) is 0 Å². The van der Waals surface area contributed by atoms with E-state index in [0.717, 1.165) is 94.0 Å². The van der Waals surface area contributed by atoms with Crippen LogP contribution in [0.5, 0.6) is 5.75 Å². The number of ether oxygens (including phenoxy) is 3. The van der Waals surface area contributed by atoms with Crippen molar-refractivity contribution >= 4 is 77.5 Å². The van der Waals surface area contributed by atoms with Crippen molar-refractivity contribution in [2.45, 2.75) is 90.1 Å². The van der Waals surface area contributed by atoms with Gasteiger partial charge in [-0.2, -0.15) is 0 Å². The summed E-state index contributed by atoms with van der Waals surface area (Å²) in [7, 11) is 0. The lowest BCUT2D eigenvalue weighted by atomic mass is 9.69. The number of aromatic nitrogens is 2. The number of aryl methyl sites for hydroxylation is 1. The number of rotatable bonds is 23. The maximum Gasteiger partial charge on any atom is 0.119 e. The van der Waals surface area contributed by atoms with Crippen molar-refractivity contribution in [3.05, 3.63) is 377 Å². The first-order chi connectivity index (χ1) is 51.7. The summed E-state index contributed by atoms with van der Waals surface area (Å²) in [5.74, 6) is 0.908. The number of fused-ring (bicyclic) bond motifs is 13. The monoisotopic (exact) mass is 1360 g/mol. The van der Waals surface area contributed by atoms with Gasteiger partial charge in [-0.05, 0) is 200 Å². The quantitative estimate of drug-likeness (QED) is 0.0599. The second-order valence-corrected chi connectivity index (χ2v) is 29.3. The van der Waals surface area contributed by atoms with Gasteiger partial charge < -0.3 is 28.2 Å². The van der Waals surface area contributed by atoms with Gasteiger partial charge in [0.1, 0.15) is 5.75 Å². The van der Waals surface area contributed by atoms with Crippen molar-refractivity contribution in [2.75, 3.05) is 11.5 Å². The molecule has 512 valence electrons. The molecule has 0 bridgehead atoms. The highest BCUT2D eigenvalue weighted by atomic mass is 16.5. The van der Waals surface area contributed by atoms with Crippen molar-refractivity contribution < 1.29 is 14.2 Å². The van der Waals surface area contributed by atoms with Gasteiger partial charge >= 0.3 is 0 Å². The number of unbranched alkanes of at least 4 members (excludes halogenated alkanes) is 3. The summed E-state index contributed by atoms with van der Waals surface area (Å²) in [5, 5.41) is 7.35. The van der Waals surface area contributed by atoms with Crippen LogP contribution in [-0.2, 0) is 46.7 Å². The highest BCUT2D eigenvalue weighted by molar-refractivity contribution is 6.12. The van der Waals surface area contributed by atoms with E-state index >= 15 is 0 Å². The van der Waals surface area contributed by atoms with E-state index in [0.29, 0.717) is 33.0 Å². The molecule has 0 amide bonds. The number of hydrogen-bond donors (Lipinski definition) is 0. The summed E-state index contributed by atoms with van der Waals surface area (Å²) in [5.41, 5.74) is 28.8. The van der Waals surface area contributed by atoms with Crippen molar-refractivity contribution in [3.8, 4) is 39.4 Å². The first kappa shape index (κ1) is 65.2. The Balaban J connectivity index is 0.577. The van der Waals surface area contributed by atoms with Gasteiger partial charge in [0.2, 0.25) is 0 Å². The van der Waals surface area contributed by atoms with E-state index in [1.165, 1.54) is 110 Å². The van der Waals surface area contributed by atoms with Crippen LogP contribution in [0.3, 0.4) is 0 Å². The number of hydrogen-bond acceptors (Lipinski definition) is 4. The maximum absolute atomic E-state index is 6.57. The molecular weight excluding hydrogens is 1280 g/mol. The summed E-state index contributed by atoms with van der Waals surface area (Å²) >= 11 is 0. The number of anilines is 3. The Morgan fingerprint density at radius 2 is 0.886 bits per heavy atom. The molecule has 0 saturated heterocycles. The van der Waals surface area contributed by atoms with Gasteiger partial charge in [0, 0.05) is 60.5 Å². The molecule has 2 aromatic heterocycles. The van der Waals surface area contributed by atoms with Crippen molar-refractivity contribution in [2.24, 2.45) is 0 Å².